The smallest absolute Gasteiger partial charge is 0.246 e. The number of carbonyl (C=O) groups is 2. The molecule has 0 aromatic heterocycles. The molecule has 0 N–H and O–H groups in total. The summed E-state index contributed by atoms with van der Waals surface area (Å²) in [6.07, 6.45) is 4.59. The van der Waals surface area contributed by atoms with Gasteiger partial charge in [-0.1, -0.05) is 60.7 Å². The Bertz CT molecular complexity index is 635. The van der Waals surface area contributed by atoms with E-state index in [0.29, 0.717) is 6.42 Å². The zero-order valence-corrected chi connectivity index (χ0v) is 12.6. The molecule has 1 atom stereocenters. The molecular weight excluding hydrogens is 274 g/mol. The summed E-state index contributed by atoms with van der Waals surface area (Å²) in [5.41, 5.74) is 1.99. The lowest BCUT2D eigenvalue weighted by atomic mass is 10.1. The van der Waals surface area contributed by atoms with Gasteiger partial charge in [-0.3, -0.25) is 4.79 Å². The number of nitrogens with zero attached hydrogens (tertiary/aromatic N) is 1. The topological polar surface area (TPSA) is 37.4 Å². The number of hydrogen-bond donors (Lipinski definition) is 0. The Morgan fingerprint density at radius 3 is 2.23 bits per heavy atom. The zero-order valence-electron chi connectivity index (χ0n) is 12.6. The lowest BCUT2D eigenvalue weighted by Gasteiger charge is -2.22. The van der Waals surface area contributed by atoms with E-state index in [1.807, 2.05) is 60.7 Å². The molecule has 0 radical (unpaired) electrons. The first-order valence-corrected chi connectivity index (χ1v) is 7.20. The van der Waals surface area contributed by atoms with Crippen molar-refractivity contribution in [1.82, 2.24) is 4.90 Å². The van der Waals surface area contributed by atoms with Crippen molar-refractivity contribution in [3.8, 4) is 0 Å². The molecule has 22 heavy (non-hydrogen) atoms. The van der Waals surface area contributed by atoms with E-state index in [1.54, 1.807) is 13.1 Å². The van der Waals surface area contributed by atoms with Gasteiger partial charge in [-0.25, -0.2) is 0 Å². The van der Waals surface area contributed by atoms with Crippen molar-refractivity contribution in [1.29, 1.82) is 0 Å². The molecule has 0 aliphatic heterocycles. The molecule has 0 saturated carbocycles. The van der Waals surface area contributed by atoms with Crippen molar-refractivity contribution in [3.63, 3.8) is 0 Å². The van der Waals surface area contributed by atoms with Crippen molar-refractivity contribution in [2.45, 2.75) is 12.5 Å². The van der Waals surface area contributed by atoms with E-state index in [4.69, 9.17) is 0 Å². The third kappa shape index (κ3) is 4.42. The van der Waals surface area contributed by atoms with Crippen molar-refractivity contribution in [2.24, 2.45) is 0 Å². The molecule has 0 fully saturated rings. The van der Waals surface area contributed by atoms with Gasteiger partial charge in [-0.15, -0.1) is 0 Å². The Labute approximate surface area is 130 Å². The van der Waals surface area contributed by atoms with Crippen LogP contribution in [0.3, 0.4) is 0 Å². The molecule has 2 aromatic rings. The predicted octanol–water partition coefficient (Wildman–Crippen LogP) is 2.97. The van der Waals surface area contributed by atoms with Crippen LogP contribution in [-0.4, -0.2) is 30.2 Å². The van der Waals surface area contributed by atoms with Crippen LogP contribution in [0.1, 0.15) is 11.1 Å². The molecule has 3 heteroatoms. The highest BCUT2D eigenvalue weighted by molar-refractivity contribution is 5.93. The molecule has 0 bridgehead atoms. The summed E-state index contributed by atoms with van der Waals surface area (Å²) in [6, 6.07) is 18.8. The lowest BCUT2D eigenvalue weighted by molar-refractivity contribution is -0.130. The van der Waals surface area contributed by atoms with Gasteiger partial charge >= 0.3 is 0 Å². The Kier molecular flexibility index (Phi) is 5.66. The average molecular weight is 293 g/mol. The molecule has 0 unspecified atom stereocenters. The first-order valence-electron chi connectivity index (χ1n) is 7.20. The molecule has 112 valence electrons. The van der Waals surface area contributed by atoms with Gasteiger partial charge in [0.25, 0.3) is 0 Å². The summed E-state index contributed by atoms with van der Waals surface area (Å²) in [6.45, 7) is 0. The van der Waals surface area contributed by atoms with Crippen molar-refractivity contribution in [3.05, 3.63) is 77.9 Å². The normalized spacial score (nSPS) is 12.0. The monoisotopic (exact) mass is 293 g/mol. The fourth-order valence-corrected chi connectivity index (χ4v) is 2.14. The van der Waals surface area contributed by atoms with Gasteiger partial charge < -0.3 is 9.69 Å². The highest BCUT2D eigenvalue weighted by atomic mass is 16.2. The maximum atomic E-state index is 12.2. The minimum atomic E-state index is -0.463. The van der Waals surface area contributed by atoms with Crippen LogP contribution in [0.25, 0.3) is 6.08 Å². The predicted molar refractivity (Wildman–Crippen MR) is 88.2 cm³/mol. The summed E-state index contributed by atoms with van der Waals surface area (Å²) >= 11 is 0. The quantitative estimate of drug-likeness (QED) is 0.606. The van der Waals surface area contributed by atoms with E-state index < -0.39 is 6.04 Å². The van der Waals surface area contributed by atoms with Crippen LogP contribution in [0.15, 0.2) is 66.7 Å². The maximum absolute atomic E-state index is 12.2. The number of rotatable bonds is 6. The van der Waals surface area contributed by atoms with Gasteiger partial charge in [-0.2, -0.15) is 0 Å². The molecule has 3 nitrogen and oxygen atoms in total. The van der Waals surface area contributed by atoms with Crippen molar-refractivity contribution >= 4 is 18.3 Å². The number of likely N-dealkylation sites (N-methyl/N-ethyl adjacent to an activating group) is 1. The number of aldehydes is 1. The molecule has 0 aliphatic carbocycles. The van der Waals surface area contributed by atoms with Crippen LogP contribution >= 0.6 is 0 Å². The highest BCUT2D eigenvalue weighted by Crippen LogP contribution is 2.08. The standard InChI is InChI=1S/C19H19NO2/c1-20(18(15-21)14-17-10-6-3-7-11-17)19(22)13-12-16-8-4-2-5-9-16/h2-13,15,18H,14H2,1H3/b13-12+/t18-/m0/s1. The first-order chi connectivity index (χ1) is 10.7. The van der Waals surface area contributed by atoms with Crippen LogP contribution < -0.4 is 0 Å². The van der Waals surface area contributed by atoms with E-state index in [9.17, 15) is 9.59 Å². The fourth-order valence-electron chi connectivity index (χ4n) is 2.14. The number of carbonyl (C=O) groups excluding carboxylic acids is 2. The number of amides is 1. The van der Waals surface area contributed by atoms with Crippen LogP contribution in [0.4, 0.5) is 0 Å². The summed E-state index contributed by atoms with van der Waals surface area (Å²) in [4.78, 5) is 25.0. The SMILES string of the molecule is CN(C(=O)/C=C/c1ccccc1)[C@H](C=O)Cc1ccccc1. The van der Waals surface area contributed by atoms with Crippen LogP contribution in [0, 0.1) is 0 Å². The summed E-state index contributed by atoms with van der Waals surface area (Å²) < 4.78 is 0. The Morgan fingerprint density at radius 2 is 1.64 bits per heavy atom. The minimum absolute atomic E-state index is 0.183. The van der Waals surface area contributed by atoms with E-state index in [1.165, 1.54) is 11.0 Å². The van der Waals surface area contributed by atoms with E-state index in [2.05, 4.69) is 0 Å². The maximum Gasteiger partial charge on any atom is 0.246 e. The van der Waals surface area contributed by atoms with Crippen LogP contribution in [-0.2, 0) is 16.0 Å². The van der Waals surface area contributed by atoms with Crippen LogP contribution in [0.2, 0.25) is 0 Å². The van der Waals surface area contributed by atoms with Gasteiger partial charge in [0.1, 0.15) is 6.29 Å². The minimum Gasteiger partial charge on any atom is -0.332 e. The number of hydrogen-bond acceptors (Lipinski definition) is 2. The number of benzene rings is 2. The average Bonchev–Trinajstić information content (AvgIpc) is 2.58. The molecule has 0 aliphatic rings. The third-order valence-corrected chi connectivity index (χ3v) is 3.51. The van der Waals surface area contributed by atoms with Crippen LogP contribution in [0.5, 0.6) is 0 Å². The summed E-state index contributed by atoms with van der Waals surface area (Å²) in [7, 11) is 1.65. The molecule has 2 rings (SSSR count). The fraction of sp³-hybridized carbons (Fsp3) is 0.158. The Hall–Kier alpha value is -2.68. The van der Waals surface area contributed by atoms with Gasteiger partial charge in [-0.05, 0) is 23.6 Å². The molecule has 0 saturated heterocycles. The van der Waals surface area contributed by atoms with E-state index >= 15 is 0 Å². The Morgan fingerprint density at radius 1 is 1.05 bits per heavy atom. The van der Waals surface area contributed by atoms with Gasteiger partial charge in [0.15, 0.2) is 0 Å². The first kappa shape index (κ1) is 15.7. The largest absolute Gasteiger partial charge is 0.332 e. The molecule has 2 aromatic carbocycles. The summed E-state index contributed by atoms with van der Waals surface area (Å²) in [5, 5.41) is 0. The zero-order chi connectivity index (χ0) is 15.8. The highest BCUT2D eigenvalue weighted by Gasteiger charge is 2.17. The van der Waals surface area contributed by atoms with Gasteiger partial charge in [0, 0.05) is 13.1 Å². The second-order valence-corrected chi connectivity index (χ2v) is 5.09. The second-order valence-electron chi connectivity index (χ2n) is 5.09. The molecule has 1 amide bonds. The van der Waals surface area contributed by atoms with Crippen molar-refractivity contribution < 1.29 is 9.59 Å². The lowest BCUT2D eigenvalue weighted by Crippen LogP contribution is -2.38. The summed E-state index contributed by atoms with van der Waals surface area (Å²) in [5.74, 6) is -0.183. The molecule has 0 heterocycles. The van der Waals surface area contributed by atoms with E-state index in [-0.39, 0.29) is 5.91 Å². The molecular formula is C19H19NO2. The second kappa shape index (κ2) is 7.93. The van der Waals surface area contributed by atoms with Gasteiger partial charge in [0.05, 0.1) is 6.04 Å². The van der Waals surface area contributed by atoms with Crippen molar-refractivity contribution in [2.75, 3.05) is 7.05 Å². The Balaban J connectivity index is 2.01. The third-order valence-electron chi connectivity index (χ3n) is 3.51. The van der Waals surface area contributed by atoms with E-state index in [0.717, 1.165) is 17.4 Å². The molecule has 0 spiro atoms. The van der Waals surface area contributed by atoms with Gasteiger partial charge in [0.2, 0.25) is 5.91 Å².